The van der Waals surface area contributed by atoms with Gasteiger partial charge in [-0.15, -0.1) is 0 Å². The van der Waals surface area contributed by atoms with Gasteiger partial charge in [0.05, 0.1) is 0 Å². The summed E-state index contributed by atoms with van der Waals surface area (Å²) in [6.45, 7) is 5.23. The average molecular weight is 405 g/mol. The maximum Gasteiger partial charge on any atom is 0.287 e. The second-order valence-electron chi connectivity index (χ2n) is 8.41. The van der Waals surface area contributed by atoms with Crippen LogP contribution in [0.15, 0.2) is 52.0 Å². The summed E-state index contributed by atoms with van der Waals surface area (Å²) in [6.07, 6.45) is 3.82. The molecule has 1 amide bonds. The van der Waals surface area contributed by atoms with E-state index in [-0.39, 0.29) is 22.8 Å². The van der Waals surface area contributed by atoms with Crippen molar-refractivity contribution in [2.24, 2.45) is 0 Å². The lowest BCUT2D eigenvalue weighted by Gasteiger charge is -2.29. The molecular formula is C21H28N2O4S. The van der Waals surface area contributed by atoms with Crippen molar-refractivity contribution in [1.82, 2.24) is 10.0 Å². The molecule has 0 spiro atoms. The van der Waals surface area contributed by atoms with Gasteiger partial charge in [-0.2, -0.15) is 0 Å². The molecule has 1 aliphatic rings. The van der Waals surface area contributed by atoms with Crippen molar-refractivity contribution >= 4 is 15.9 Å². The molecule has 2 aromatic rings. The van der Waals surface area contributed by atoms with E-state index in [0.29, 0.717) is 5.92 Å². The van der Waals surface area contributed by atoms with Crippen LogP contribution in [0.4, 0.5) is 0 Å². The van der Waals surface area contributed by atoms with Gasteiger partial charge >= 0.3 is 0 Å². The van der Waals surface area contributed by atoms with Crippen LogP contribution in [0.5, 0.6) is 0 Å². The van der Waals surface area contributed by atoms with E-state index in [1.54, 1.807) is 20.8 Å². The molecular weight excluding hydrogens is 376 g/mol. The van der Waals surface area contributed by atoms with Crippen molar-refractivity contribution in [3.63, 3.8) is 0 Å². The van der Waals surface area contributed by atoms with Crippen LogP contribution in [0.3, 0.4) is 0 Å². The first-order valence-electron chi connectivity index (χ1n) is 9.64. The lowest BCUT2D eigenvalue weighted by atomic mass is 9.82. The second kappa shape index (κ2) is 8.09. The molecule has 3 rings (SSSR count). The predicted octanol–water partition coefficient (Wildman–Crippen LogP) is 3.81. The molecule has 6 nitrogen and oxygen atoms in total. The summed E-state index contributed by atoms with van der Waals surface area (Å²) in [6, 6.07) is 13.2. The van der Waals surface area contributed by atoms with Crippen LogP contribution in [-0.2, 0) is 10.0 Å². The summed E-state index contributed by atoms with van der Waals surface area (Å²) in [4.78, 5) is 12.5. The third-order valence-corrected chi connectivity index (χ3v) is 6.47. The molecule has 0 radical (unpaired) electrons. The fourth-order valence-corrected chi connectivity index (χ4v) is 4.95. The van der Waals surface area contributed by atoms with Crippen LogP contribution in [0.1, 0.15) is 68.5 Å². The first kappa shape index (κ1) is 20.6. The molecule has 7 heteroatoms. The number of sulfonamides is 1. The summed E-state index contributed by atoms with van der Waals surface area (Å²) in [5, 5.41) is 2.72. The summed E-state index contributed by atoms with van der Waals surface area (Å²) >= 11 is 0. The molecule has 152 valence electrons. The Hall–Kier alpha value is -2.12. The number of hydrogen-bond acceptors (Lipinski definition) is 4. The maximum atomic E-state index is 12.5. The summed E-state index contributed by atoms with van der Waals surface area (Å²) in [7, 11) is -3.80. The number of carbonyl (C=O) groups excluding carboxylic acids is 1. The van der Waals surface area contributed by atoms with E-state index in [0.717, 1.165) is 25.7 Å². The van der Waals surface area contributed by atoms with Gasteiger partial charge < -0.3 is 9.73 Å². The smallest absolute Gasteiger partial charge is 0.287 e. The van der Waals surface area contributed by atoms with Crippen molar-refractivity contribution in [2.75, 3.05) is 0 Å². The van der Waals surface area contributed by atoms with Gasteiger partial charge in [-0.05, 0) is 70.1 Å². The summed E-state index contributed by atoms with van der Waals surface area (Å²) in [5.74, 6) is 0.165. The lowest BCUT2D eigenvalue weighted by molar-refractivity contribution is 0.0892. The molecule has 1 aromatic carbocycles. The fourth-order valence-electron chi connectivity index (χ4n) is 3.59. The summed E-state index contributed by atoms with van der Waals surface area (Å²) in [5.41, 5.74) is 0.713. The molecule has 28 heavy (non-hydrogen) atoms. The van der Waals surface area contributed by atoms with Gasteiger partial charge in [-0.3, -0.25) is 4.79 Å². The number of carbonyl (C=O) groups is 1. The Morgan fingerprint density at radius 2 is 1.64 bits per heavy atom. The highest BCUT2D eigenvalue weighted by Gasteiger charge is 2.28. The van der Waals surface area contributed by atoms with E-state index in [1.165, 1.54) is 17.7 Å². The van der Waals surface area contributed by atoms with Crippen LogP contribution in [0, 0.1) is 0 Å². The van der Waals surface area contributed by atoms with E-state index < -0.39 is 15.6 Å². The Balaban J connectivity index is 1.57. The maximum absolute atomic E-state index is 12.5. The van der Waals surface area contributed by atoms with Crippen LogP contribution in [-0.4, -0.2) is 25.9 Å². The van der Waals surface area contributed by atoms with Crippen LogP contribution in [0.25, 0.3) is 0 Å². The number of benzene rings is 1. The second-order valence-corrected chi connectivity index (χ2v) is 10.0. The quantitative estimate of drug-likeness (QED) is 0.793. The molecule has 0 atom stereocenters. The number of rotatable bonds is 5. The topological polar surface area (TPSA) is 88.4 Å². The number of amides is 1. The number of nitrogens with one attached hydrogen (secondary N) is 2. The lowest BCUT2D eigenvalue weighted by Crippen LogP contribution is -2.40. The van der Waals surface area contributed by atoms with Crippen molar-refractivity contribution in [3.8, 4) is 0 Å². The normalized spacial score (nSPS) is 20.7. The van der Waals surface area contributed by atoms with E-state index in [1.807, 2.05) is 6.07 Å². The Kier molecular flexibility index (Phi) is 5.95. The molecule has 0 aliphatic heterocycles. The molecule has 0 unspecified atom stereocenters. The molecule has 0 bridgehead atoms. The fraction of sp³-hybridized carbons (Fsp3) is 0.476. The molecule has 0 saturated heterocycles. The Morgan fingerprint density at radius 3 is 2.25 bits per heavy atom. The molecule has 1 aromatic heterocycles. The van der Waals surface area contributed by atoms with Gasteiger partial charge in [0.25, 0.3) is 15.9 Å². The molecule has 1 saturated carbocycles. The van der Waals surface area contributed by atoms with Crippen LogP contribution >= 0.6 is 0 Å². The predicted molar refractivity (Wildman–Crippen MR) is 108 cm³/mol. The third kappa shape index (κ3) is 5.23. The Labute approximate surface area is 166 Å². The zero-order valence-corrected chi connectivity index (χ0v) is 17.4. The molecule has 1 aliphatic carbocycles. The van der Waals surface area contributed by atoms with Gasteiger partial charge in [-0.25, -0.2) is 13.1 Å². The van der Waals surface area contributed by atoms with Crippen LogP contribution in [0.2, 0.25) is 0 Å². The SMILES string of the molecule is CC(C)(C)NS(=O)(=O)c1ccc(C(=O)NC2CCC(c3ccccc3)CC2)o1. The number of furan rings is 1. The minimum absolute atomic E-state index is 0.0134. The Morgan fingerprint density at radius 1 is 1.00 bits per heavy atom. The van der Waals surface area contributed by atoms with Crippen molar-refractivity contribution in [3.05, 3.63) is 53.8 Å². The van der Waals surface area contributed by atoms with Crippen molar-refractivity contribution < 1.29 is 17.6 Å². The minimum atomic E-state index is -3.80. The standard InChI is InChI=1S/C21H28N2O4S/c1-21(2,3)23-28(25,26)19-14-13-18(27-19)20(24)22-17-11-9-16(10-12-17)15-7-5-4-6-8-15/h4-8,13-14,16-17,23H,9-12H2,1-3H3,(H,22,24). The zero-order chi connectivity index (χ0) is 20.4. The molecule has 2 N–H and O–H groups in total. The van der Waals surface area contributed by atoms with Crippen LogP contribution < -0.4 is 10.0 Å². The van der Waals surface area contributed by atoms with E-state index >= 15 is 0 Å². The minimum Gasteiger partial charge on any atom is -0.438 e. The first-order valence-corrected chi connectivity index (χ1v) is 11.1. The van der Waals surface area contributed by atoms with Gasteiger partial charge in [0.2, 0.25) is 5.09 Å². The van der Waals surface area contributed by atoms with Gasteiger partial charge in [0.1, 0.15) is 0 Å². The largest absolute Gasteiger partial charge is 0.438 e. The zero-order valence-electron chi connectivity index (χ0n) is 16.6. The molecule has 1 heterocycles. The van der Waals surface area contributed by atoms with Gasteiger partial charge in [0.15, 0.2) is 5.76 Å². The average Bonchev–Trinajstić information content (AvgIpc) is 3.12. The highest BCUT2D eigenvalue weighted by Crippen LogP contribution is 2.32. The van der Waals surface area contributed by atoms with E-state index in [2.05, 4.69) is 34.3 Å². The highest BCUT2D eigenvalue weighted by atomic mass is 32.2. The van der Waals surface area contributed by atoms with Gasteiger partial charge in [0, 0.05) is 11.6 Å². The highest BCUT2D eigenvalue weighted by molar-refractivity contribution is 7.89. The van der Waals surface area contributed by atoms with Gasteiger partial charge in [-0.1, -0.05) is 30.3 Å². The third-order valence-electron chi connectivity index (χ3n) is 4.84. The number of hydrogen-bond donors (Lipinski definition) is 2. The van der Waals surface area contributed by atoms with Crippen molar-refractivity contribution in [1.29, 1.82) is 0 Å². The monoisotopic (exact) mass is 404 g/mol. The Bertz CT molecular complexity index is 905. The van der Waals surface area contributed by atoms with E-state index in [9.17, 15) is 13.2 Å². The summed E-state index contributed by atoms with van der Waals surface area (Å²) < 4.78 is 32.5. The van der Waals surface area contributed by atoms with Crippen molar-refractivity contribution in [2.45, 2.75) is 69.0 Å². The molecule has 1 fully saturated rings. The first-order chi connectivity index (χ1) is 13.1. The van der Waals surface area contributed by atoms with E-state index in [4.69, 9.17) is 4.42 Å².